The van der Waals surface area contributed by atoms with Gasteiger partial charge in [0, 0.05) is 0 Å². The topological polar surface area (TPSA) is 12.9 Å². The van der Waals surface area contributed by atoms with Crippen molar-refractivity contribution in [2.45, 2.75) is 55.3 Å². The summed E-state index contributed by atoms with van der Waals surface area (Å²) in [7, 11) is 0. The molecule has 1 aromatic carbocycles. The molecule has 0 spiro atoms. The minimum absolute atomic E-state index is 0.367. The maximum atomic E-state index is 8.72. The second-order valence-corrected chi connectivity index (χ2v) is 18.1. The van der Waals surface area contributed by atoms with Gasteiger partial charge in [0.15, 0.2) is 0 Å². The van der Waals surface area contributed by atoms with Gasteiger partial charge < -0.3 is 0 Å². The molecular formula is C20H27GeN. The first-order valence-corrected chi connectivity index (χ1v) is 15.8. The molecule has 22 heavy (non-hydrogen) atoms. The Balaban J connectivity index is 1.82. The van der Waals surface area contributed by atoms with Crippen LogP contribution in [-0.2, 0) is 0 Å². The van der Waals surface area contributed by atoms with Crippen molar-refractivity contribution in [3.05, 3.63) is 48.2 Å². The van der Waals surface area contributed by atoms with Crippen molar-refractivity contribution in [1.29, 1.82) is 0 Å². The van der Waals surface area contributed by atoms with E-state index >= 15 is 0 Å². The van der Waals surface area contributed by atoms with Crippen LogP contribution in [0.2, 0.25) is 17.3 Å². The molecule has 0 amide bonds. The molecule has 2 aromatic rings. The Labute approximate surface area is 138 Å². The second-order valence-electron chi connectivity index (χ2n) is 7.42. The monoisotopic (exact) mass is 356 g/mol. The van der Waals surface area contributed by atoms with Crippen LogP contribution in [0.3, 0.4) is 0 Å². The van der Waals surface area contributed by atoms with Gasteiger partial charge in [-0.1, -0.05) is 0 Å². The predicted octanol–water partition coefficient (Wildman–Crippen LogP) is 5.34. The van der Waals surface area contributed by atoms with Gasteiger partial charge in [0.1, 0.15) is 0 Å². The Bertz CT molecular complexity index is 650. The van der Waals surface area contributed by atoms with E-state index in [2.05, 4.69) is 64.8 Å². The summed E-state index contributed by atoms with van der Waals surface area (Å²) in [5.41, 5.74) is 3.36. The Morgan fingerprint density at radius 3 is 2.18 bits per heavy atom. The van der Waals surface area contributed by atoms with Gasteiger partial charge in [-0.15, -0.1) is 0 Å². The standard InChI is InChI=1S/C20H27GeN/c1-21(2,3)19-13-14-20(22-15-19)18-11-9-17(10-12-18)16-7-5-4-6-8-16/h9-16H,4-8H2,1-3H3/i16D. The zero-order valence-electron chi connectivity index (χ0n) is 15.0. The van der Waals surface area contributed by atoms with Crippen molar-refractivity contribution in [3.8, 4) is 11.3 Å². The molecule has 1 saturated carbocycles. The summed E-state index contributed by atoms with van der Waals surface area (Å²) in [5.74, 6) is 6.81. The van der Waals surface area contributed by atoms with Gasteiger partial charge >= 0.3 is 139 Å². The fourth-order valence-corrected chi connectivity index (χ4v) is 5.32. The molecule has 3 rings (SSSR count). The molecule has 0 saturated heterocycles. The Hall–Kier alpha value is -1.09. The summed E-state index contributed by atoms with van der Waals surface area (Å²) in [6, 6.07) is 13.0. The van der Waals surface area contributed by atoms with Gasteiger partial charge in [-0.2, -0.15) is 0 Å². The Morgan fingerprint density at radius 2 is 1.64 bits per heavy atom. The number of hydrogen-bond acceptors (Lipinski definition) is 1. The summed E-state index contributed by atoms with van der Waals surface area (Å²) in [5, 5.41) is 0. The average molecular weight is 355 g/mol. The van der Waals surface area contributed by atoms with Gasteiger partial charge in [0.05, 0.1) is 0 Å². The summed E-state index contributed by atoms with van der Waals surface area (Å²) < 4.78 is 10.2. The molecular weight excluding hydrogens is 327 g/mol. The first-order chi connectivity index (χ1) is 10.9. The second kappa shape index (κ2) is 6.58. The molecule has 1 aliphatic rings. The van der Waals surface area contributed by atoms with Crippen molar-refractivity contribution in [1.82, 2.24) is 4.98 Å². The van der Waals surface area contributed by atoms with Gasteiger partial charge in [-0.3, -0.25) is 0 Å². The van der Waals surface area contributed by atoms with E-state index in [0.717, 1.165) is 24.1 Å². The van der Waals surface area contributed by atoms with Crippen LogP contribution in [0.25, 0.3) is 11.3 Å². The van der Waals surface area contributed by atoms with Crippen LogP contribution in [0.5, 0.6) is 0 Å². The van der Waals surface area contributed by atoms with E-state index in [4.69, 9.17) is 1.37 Å². The van der Waals surface area contributed by atoms with Crippen LogP contribution < -0.4 is 4.40 Å². The van der Waals surface area contributed by atoms with Gasteiger partial charge in [0.2, 0.25) is 0 Å². The number of benzene rings is 1. The van der Waals surface area contributed by atoms with Crippen LogP contribution >= 0.6 is 0 Å². The number of hydrogen-bond donors (Lipinski definition) is 0. The van der Waals surface area contributed by atoms with Crippen molar-refractivity contribution < 1.29 is 1.37 Å². The molecule has 0 N–H and O–H groups in total. The summed E-state index contributed by atoms with van der Waals surface area (Å²) in [6.07, 6.45) is 7.72. The molecule has 0 radical (unpaired) electrons. The van der Waals surface area contributed by atoms with Crippen LogP contribution in [0.4, 0.5) is 0 Å². The molecule has 1 aliphatic carbocycles. The van der Waals surface area contributed by atoms with Crippen molar-refractivity contribution in [2.24, 2.45) is 0 Å². The first kappa shape index (κ1) is 14.5. The Morgan fingerprint density at radius 1 is 0.955 bits per heavy atom. The average Bonchev–Trinajstić information content (AvgIpc) is 2.55. The third-order valence-corrected chi connectivity index (χ3v) is 8.93. The minimum atomic E-state index is -1.78. The van der Waals surface area contributed by atoms with Crippen molar-refractivity contribution in [2.75, 3.05) is 0 Å². The van der Waals surface area contributed by atoms with E-state index in [1.54, 1.807) is 0 Å². The predicted molar refractivity (Wildman–Crippen MR) is 98.5 cm³/mol. The summed E-state index contributed by atoms with van der Waals surface area (Å²) in [6.45, 7) is 0. The Kier molecular flexibility index (Phi) is 4.33. The van der Waals surface area contributed by atoms with Gasteiger partial charge in [-0.25, -0.2) is 0 Å². The third-order valence-electron chi connectivity index (χ3n) is 4.68. The molecule has 2 heteroatoms. The van der Waals surface area contributed by atoms with Crippen molar-refractivity contribution in [3.63, 3.8) is 0 Å². The zero-order chi connectivity index (χ0) is 16.5. The summed E-state index contributed by atoms with van der Waals surface area (Å²) >= 11 is -1.78. The number of rotatable bonds is 3. The molecule has 1 heterocycles. The fourth-order valence-electron chi connectivity index (χ4n) is 3.15. The van der Waals surface area contributed by atoms with Crippen LogP contribution in [0.15, 0.2) is 42.6 Å². The van der Waals surface area contributed by atoms with E-state index in [1.165, 1.54) is 29.2 Å². The van der Waals surface area contributed by atoms with Crippen LogP contribution in [-0.4, -0.2) is 18.3 Å². The van der Waals surface area contributed by atoms with E-state index in [0.29, 0.717) is 0 Å². The van der Waals surface area contributed by atoms with Crippen molar-refractivity contribution >= 4 is 17.7 Å². The number of aromatic nitrogens is 1. The molecule has 116 valence electrons. The van der Waals surface area contributed by atoms with E-state index < -0.39 is 13.3 Å². The SMILES string of the molecule is [2H]C1(c2ccc(-c3cc[c]([Ge]([CH3])([CH3])[CH3])cn3)cc2)CCCCC1. The summed E-state index contributed by atoms with van der Waals surface area (Å²) in [4.78, 5) is 4.67. The zero-order valence-corrected chi connectivity index (χ0v) is 16.1. The number of nitrogens with zero attached hydrogens (tertiary/aromatic N) is 1. The molecule has 1 fully saturated rings. The van der Waals surface area contributed by atoms with Crippen LogP contribution in [0, 0.1) is 0 Å². The molecule has 1 nitrogen and oxygen atoms in total. The van der Waals surface area contributed by atoms with E-state index in [1.807, 2.05) is 0 Å². The first-order valence-electron chi connectivity index (χ1n) is 8.96. The third kappa shape index (κ3) is 3.63. The van der Waals surface area contributed by atoms with Gasteiger partial charge in [0.25, 0.3) is 0 Å². The molecule has 1 aromatic heterocycles. The molecule has 0 unspecified atom stereocenters. The van der Waals surface area contributed by atoms with Crippen LogP contribution in [0.1, 0.15) is 44.9 Å². The molecule has 0 atom stereocenters. The molecule has 0 bridgehead atoms. The van der Waals surface area contributed by atoms with Gasteiger partial charge in [-0.05, 0) is 0 Å². The number of pyridine rings is 1. The molecule has 0 aliphatic heterocycles. The maximum absolute atomic E-state index is 8.72. The van der Waals surface area contributed by atoms with E-state index in [9.17, 15) is 0 Å². The van der Waals surface area contributed by atoms with E-state index in [-0.39, 0.29) is 5.89 Å². The fraction of sp³-hybridized carbons (Fsp3) is 0.450. The normalized spacial score (nSPS) is 18.8. The quantitative estimate of drug-likeness (QED) is 0.678.